The zero-order valence-corrected chi connectivity index (χ0v) is 31.5. The van der Waals surface area contributed by atoms with Crippen LogP contribution >= 0.6 is 11.8 Å². The van der Waals surface area contributed by atoms with E-state index in [1.165, 1.54) is 38.5 Å². The number of benzene rings is 1. The molecule has 1 aliphatic rings. The maximum absolute atomic E-state index is 12.6. The van der Waals surface area contributed by atoms with Gasteiger partial charge in [-0.3, -0.25) is 4.79 Å². The Hall–Kier alpha value is -1.81. The van der Waals surface area contributed by atoms with Gasteiger partial charge >= 0.3 is 29.6 Å². The topological polar surface area (TPSA) is 100 Å². The van der Waals surface area contributed by atoms with Gasteiger partial charge in [0.05, 0.1) is 21.3 Å². The van der Waals surface area contributed by atoms with Crippen molar-refractivity contribution in [3.05, 3.63) is 41.6 Å². The zero-order valence-electron chi connectivity index (χ0n) is 28.7. The number of carbonyl (C=O) groups is 2. The number of unbranched alkanes of at least 4 members (excludes halogenated alkanes) is 11. The number of nitrogens with one attached hydrogen (secondary N) is 1. The van der Waals surface area contributed by atoms with Crippen LogP contribution in [0.4, 0.5) is 0 Å². The molecule has 0 aliphatic carbocycles. The standard InChI is InChI=1S/C35H56N2O6S.Na/c1-27(2)44-35-36-32(38)25-29(37(35)26-28-23-30(41-3)34(43-5)31(24-28)42-4)21-19-17-15-13-11-9-7-6-8-10-12-14-16-18-20-22-33(39)40;/h6,8,23-25,27,35H,7,9-22,26H2,1-5H3,(H,36,38)(H,39,40);/q;+1/p-1/b8-6-;. The number of hydrogen-bond acceptors (Lipinski definition) is 8. The number of ether oxygens (including phenoxy) is 3. The largest absolute Gasteiger partial charge is 1.00 e. The number of aliphatic carboxylic acids is 1. The van der Waals surface area contributed by atoms with Crippen LogP contribution in [0.3, 0.4) is 0 Å². The van der Waals surface area contributed by atoms with Gasteiger partial charge in [0, 0.05) is 29.5 Å². The Kier molecular flexibility index (Phi) is 22.3. The van der Waals surface area contributed by atoms with Gasteiger partial charge < -0.3 is 34.3 Å². The van der Waals surface area contributed by atoms with Crippen molar-refractivity contribution in [2.24, 2.45) is 0 Å². The molecule has 1 aromatic carbocycles. The number of methoxy groups -OCH3 is 3. The molecule has 248 valence electrons. The molecule has 8 nitrogen and oxygen atoms in total. The number of hydrogen-bond donors (Lipinski definition) is 1. The quantitative estimate of drug-likeness (QED) is 0.101. The van der Waals surface area contributed by atoms with E-state index in [1.54, 1.807) is 39.2 Å². The molecule has 1 unspecified atom stereocenters. The van der Waals surface area contributed by atoms with Gasteiger partial charge in [-0.2, -0.15) is 0 Å². The summed E-state index contributed by atoms with van der Waals surface area (Å²) in [5.41, 5.74) is 1.95. The second kappa shape index (κ2) is 24.4. The molecule has 1 N–H and O–H groups in total. The Morgan fingerprint density at radius 1 is 0.889 bits per heavy atom. The fraction of sp³-hybridized carbons (Fsp3) is 0.657. The summed E-state index contributed by atoms with van der Waals surface area (Å²) in [5, 5.41) is 13.9. The first-order valence-electron chi connectivity index (χ1n) is 16.4. The van der Waals surface area contributed by atoms with E-state index in [-0.39, 0.29) is 47.4 Å². The van der Waals surface area contributed by atoms with E-state index >= 15 is 0 Å². The van der Waals surface area contributed by atoms with E-state index in [2.05, 4.69) is 36.2 Å². The van der Waals surface area contributed by atoms with Crippen molar-refractivity contribution >= 4 is 23.6 Å². The van der Waals surface area contributed by atoms with Crippen LogP contribution in [0.25, 0.3) is 0 Å². The molecule has 1 heterocycles. The van der Waals surface area contributed by atoms with Crippen LogP contribution in [0.5, 0.6) is 17.2 Å². The number of allylic oxidation sites excluding steroid dienone is 3. The van der Waals surface area contributed by atoms with E-state index < -0.39 is 5.97 Å². The molecule has 1 amide bonds. The SMILES string of the molecule is COc1cc(CN2C(CCCCCCCC/C=C\CCCCCCCC(=O)[O-])=CC(=O)NC2SC(C)C)cc(OC)c1OC.[Na+]. The molecule has 0 bridgehead atoms. The van der Waals surface area contributed by atoms with E-state index in [9.17, 15) is 14.7 Å². The van der Waals surface area contributed by atoms with Crippen LogP contribution in [0, 0.1) is 0 Å². The van der Waals surface area contributed by atoms with Crippen LogP contribution in [0.1, 0.15) is 116 Å². The van der Waals surface area contributed by atoms with E-state index in [1.807, 2.05) is 12.1 Å². The maximum Gasteiger partial charge on any atom is 1.00 e. The van der Waals surface area contributed by atoms with Crippen molar-refractivity contribution in [1.82, 2.24) is 10.2 Å². The third kappa shape index (κ3) is 16.5. The Morgan fingerprint density at radius 3 is 1.93 bits per heavy atom. The number of amides is 1. The van der Waals surface area contributed by atoms with Gasteiger partial charge in [-0.15, -0.1) is 11.8 Å². The smallest absolute Gasteiger partial charge is 0.550 e. The minimum absolute atomic E-state index is 0. The van der Waals surface area contributed by atoms with Crippen molar-refractivity contribution in [3.8, 4) is 17.2 Å². The van der Waals surface area contributed by atoms with Crippen molar-refractivity contribution < 1.29 is 58.5 Å². The average Bonchev–Trinajstić information content (AvgIpc) is 2.99. The molecular formula is C35H55N2NaO6S. The Balaban J connectivity index is 0.0000101. The summed E-state index contributed by atoms with van der Waals surface area (Å²) in [5.74, 6) is 0.851. The summed E-state index contributed by atoms with van der Waals surface area (Å²) < 4.78 is 16.7. The summed E-state index contributed by atoms with van der Waals surface area (Å²) >= 11 is 1.74. The van der Waals surface area contributed by atoms with Crippen molar-refractivity contribution in [2.45, 2.75) is 127 Å². The number of carbonyl (C=O) groups excluding carboxylic acids is 2. The first kappa shape index (κ1) is 41.2. The van der Waals surface area contributed by atoms with Crippen LogP contribution < -0.4 is 54.2 Å². The maximum atomic E-state index is 12.6. The summed E-state index contributed by atoms with van der Waals surface area (Å²) in [6, 6.07) is 3.96. The number of carboxylic acids is 1. The molecule has 1 aliphatic heterocycles. The van der Waals surface area contributed by atoms with Gasteiger partial charge in [-0.25, -0.2) is 0 Å². The third-order valence-corrected chi connectivity index (χ3v) is 8.84. The number of thioether (sulfide) groups is 1. The number of nitrogens with zero attached hydrogens (tertiary/aromatic N) is 1. The monoisotopic (exact) mass is 654 g/mol. The molecule has 0 fully saturated rings. The third-order valence-electron chi connectivity index (χ3n) is 7.67. The molecule has 0 saturated heterocycles. The fourth-order valence-corrected chi connectivity index (χ4v) is 6.44. The van der Waals surface area contributed by atoms with E-state index in [4.69, 9.17) is 14.2 Å². The van der Waals surface area contributed by atoms with Gasteiger partial charge in [0.1, 0.15) is 0 Å². The van der Waals surface area contributed by atoms with Crippen molar-refractivity contribution in [1.29, 1.82) is 0 Å². The second-order valence-electron chi connectivity index (χ2n) is 11.7. The van der Waals surface area contributed by atoms with Crippen molar-refractivity contribution in [2.75, 3.05) is 21.3 Å². The van der Waals surface area contributed by atoms with Gasteiger partial charge in [0.25, 0.3) is 0 Å². The summed E-state index contributed by atoms with van der Waals surface area (Å²) in [4.78, 5) is 25.3. The first-order chi connectivity index (χ1) is 21.3. The summed E-state index contributed by atoms with van der Waals surface area (Å²) in [6.07, 6.45) is 22.0. The minimum Gasteiger partial charge on any atom is -0.550 e. The zero-order chi connectivity index (χ0) is 32.2. The van der Waals surface area contributed by atoms with Gasteiger partial charge in [-0.05, 0) is 69.1 Å². The van der Waals surface area contributed by atoms with Gasteiger partial charge in [-0.1, -0.05) is 70.9 Å². The molecule has 10 heteroatoms. The Morgan fingerprint density at radius 2 is 1.42 bits per heavy atom. The molecule has 45 heavy (non-hydrogen) atoms. The molecule has 0 saturated carbocycles. The average molecular weight is 655 g/mol. The molecular weight excluding hydrogens is 599 g/mol. The normalized spacial score (nSPS) is 14.7. The molecule has 0 radical (unpaired) electrons. The predicted molar refractivity (Wildman–Crippen MR) is 178 cm³/mol. The van der Waals surface area contributed by atoms with Crippen molar-refractivity contribution in [3.63, 3.8) is 0 Å². The molecule has 0 aromatic heterocycles. The van der Waals surface area contributed by atoms with E-state index in [0.29, 0.717) is 29.0 Å². The Labute approximate surface area is 298 Å². The number of carboxylic acid groups (broad SMARTS) is 1. The fourth-order valence-electron chi connectivity index (χ4n) is 5.39. The predicted octanol–water partition coefficient (Wildman–Crippen LogP) is 4.11. The number of rotatable bonds is 24. The summed E-state index contributed by atoms with van der Waals surface area (Å²) in [7, 11) is 4.85. The molecule has 0 spiro atoms. The molecule has 1 aromatic rings. The van der Waals surface area contributed by atoms with Crippen LogP contribution in [0.15, 0.2) is 36.1 Å². The molecule has 2 rings (SSSR count). The summed E-state index contributed by atoms with van der Waals surface area (Å²) in [6.45, 7) is 4.91. The molecule has 1 atom stereocenters. The van der Waals surface area contributed by atoms with Gasteiger partial charge in [0.2, 0.25) is 11.7 Å². The van der Waals surface area contributed by atoms with Gasteiger partial charge in [0.15, 0.2) is 17.0 Å². The van der Waals surface area contributed by atoms with Crippen LogP contribution in [-0.4, -0.2) is 48.9 Å². The Bertz CT molecular complexity index is 1040. The minimum atomic E-state index is -0.938. The first-order valence-corrected chi connectivity index (χ1v) is 17.3. The van der Waals surface area contributed by atoms with E-state index in [0.717, 1.165) is 62.6 Å². The second-order valence-corrected chi connectivity index (χ2v) is 13.3. The van der Waals surface area contributed by atoms with Crippen LogP contribution in [-0.2, 0) is 16.1 Å². The van der Waals surface area contributed by atoms with Crippen LogP contribution in [0.2, 0.25) is 0 Å².